The van der Waals surface area contributed by atoms with E-state index in [0.717, 1.165) is 39.4 Å². The zero-order valence-electron chi connectivity index (χ0n) is 7.64. The molecule has 2 heterocycles. The minimum atomic E-state index is 0.391. The van der Waals surface area contributed by atoms with Gasteiger partial charge in [0, 0.05) is 24.6 Å². The van der Waals surface area contributed by atoms with Crippen molar-refractivity contribution in [2.45, 2.75) is 19.4 Å². The molecule has 12 heavy (non-hydrogen) atoms. The Hall–Kier alpha value is -0.120. The van der Waals surface area contributed by atoms with Crippen molar-refractivity contribution in [1.29, 1.82) is 0 Å². The van der Waals surface area contributed by atoms with Crippen LogP contribution in [-0.4, -0.2) is 39.0 Å². The lowest BCUT2D eigenvalue weighted by Crippen LogP contribution is -2.49. The number of nitrogens with one attached hydrogen (secondary N) is 1. The largest absolute Gasteiger partial charge is 0.380 e. The van der Waals surface area contributed by atoms with Gasteiger partial charge in [-0.05, 0) is 6.42 Å². The molecule has 1 N–H and O–H groups in total. The standard InChI is InChI=1S/C9H17NO2/c1-9(6-12-7-9)5-10-8-2-3-11-4-8/h8,10H,2-7H2,1H3. The van der Waals surface area contributed by atoms with E-state index in [9.17, 15) is 0 Å². The Kier molecular flexibility index (Phi) is 2.35. The van der Waals surface area contributed by atoms with Gasteiger partial charge in [-0.1, -0.05) is 6.92 Å². The van der Waals surface area contributed by atoms with Crippen molar-refractivity contribution in [3.05, 3.63) is 0 Å². The average Bonchev–Trinajstić information content (AvgIpc) is 2.49. The first kappa shape index (κ1) is 8.48. The van der Waals surface area contributed by atoms with E-state index in [-0.39, 0.29) is 0 Å². The normalized spacial score (nSPS) is 33.2. The van der Waals surface area contributed by atoms with Crippen LogP contribution in [0.4, 0.5) is 0 Å². The molecule has 70 valence electrons. The summed E-state index contributed by atoms with van der Waals surface area (Å²) in [5.74, 6) is 0. The Morgan fingerprint density at radius 3 is 2.75 bits per heavy atom. The molecule has 0 aliphatic carbocycles. The average molecular weight is 171 g/mol. The molecule has 0 aromatic heterocycles. The Labute approximate surface area is 73.4 Å². The van der Waals surface area contributed by atoms with Gasteiger partial charge in [0.25, 0.3) is 0 Å². The van der Waals surface area contributed by atoms with Crippen LogP contribution < -0.4 is 5.32 Å². The van der Waals surface area contributed by atoms with Gasteiger partial charge in [-0.25, -0.2) is 0 Å². The van der Waals surface area contributed by atoms with Crippen molar-refractivity contribution < 1.29 is 9.47 Å². The van der Waals surface area contributed by atoms with E-state index >= 15 is 0 Å². The lowest BCUT2D eigenvalue weighted by Gasteiger charge is -2.38. The van der Waals surface area contributed by atoms with E-state index in [1.807, 2.05) is 0 Å². The Morgan fingerprint density at radius 1 is 1.42 bits per heavy atom. The molecule has 0 saturated carbocycles. The Balaban J connectivity index is 1.67. The summed E-state index contributed by atoms with van der Waals surface area (Å²) >= 11 is 0. The summed E-state index contributed by atoms with van der Waals surface area (Å²) < 4.78 is 10.5. The van der Waals surface area contributed by atoms with Crippen LogP contribution in [0.2, 0.25) is 0 Å². The zero-order chi connectivity index (χ0) is 8.44. The van der Waals surface area contributed by atoms with Crippen molar-refractivity contribution in [2.75, 3.05) is 33.0 Å². The highest BCUT2D eigenvalue weighted by atomic mass is 16.5. The molecule has 2 fully saturated rings. The smallest absolute Gasteiger partial charge is 0.0620 e. The molecule has 2 aliphatic rings. The minimum Gasteiger partial charge on any atom is -0.380 e. The molecule has 0 spiro atoms. The molecule has 1 atom stereocenters. The molecular weight excluding hydrogens is 154 g/mol. The number of hydrogen-bond donors (Lipinski definition) is 1. The predicted molar refractivity (Wildman–Crippen MR) is 46.2 cm³/mol. The first-order valence-electron chi connectivity index (χ1n) is 4.67. The van der Waals surface area contributed by atoms with Crippen LogP contribution in [0.1, 0.15) is 13.3 Å². The topological polar surface area (TPSA) is 30.5 Å². The summed E-state index contributed by atoms with van der Waals surface area (Å²) in [6, 6.07) is 0.586. The van der Waals surface area contributed by atoms with Gasteiger partial charge in [0.05, 0.1) is 19.8 Å². The maximum atomic E-state index is 5.28. The van der Waals surface area contributed by atoms with Crippen molar-refractivity contribution in [2.24, 2.45) is 5.41 Å². The van der Waals surface area contributed by atoms with Gasteiger partial charge in [-0.3, -0.25) is 0 Å². The fourth-order valence-corrected chi connectivity index (χ4v) is 1.64. The molecule has 2 aliphatic heterocycles. The van der Waals surface area contributed by atoms with Gasteiger partial charge >= 0.3 is 0 Å². The van der Waals surface area contributed by atoms with Crippen LogP contribution in [0.15, 0.2) is 0 Å². The van der Waals surface area contributed by atoms with E-state index in [1.54, 1.807) is 0 Å². The summed E-state index contributed by atoms with van der Waals surface area (Å²) in [5, 5.41) is 3.52. The van der Waals surface area contributed by atoms with Crippen molar-refractivity contribution in [3.8, 4) is 0 Å². The summed E-state index contributed by atoms with van der Waals surface area (Å²) in [5.41, 5.74) is 0.391. The van der Waals surface area contributed by atoms with Crippen LogP contribution in [0, 0.1) is 5.41 Å². The maximum absolute atomic E-state index is 5.28. The zero-order valence-corrected chi connectivity index (χ0v) is 7.64. The molecule has 0 radical (unpaired) electrons. The van der Waals surface area contributed by atoms with Gasteiger partial charge in [-0.15, -0.1) is 0 Å². The highest BCUT2D eigenvalue weighted by Gasteiger charge is 2.33. The number of hydrogen-bond acceptors (Lipinski definition) is 3. The third-order valence-electron chi connectivity index (χ3n) is 2.65. The summed E-state index contributed by atoms with van der Waals surface area (Å²) in [6.07, 6.45) is 1.16. The molecular formula is C9H17NO2. The SMILES string of the molecule is CC1(CNC2CCOC2)COC1. The van der Waals surface area contributed by atoms with Gasteiger partial charge in [0.15, 0.2) is 0 Å². The van der Waals surface area contributed by atoms with Gasteiger partial charge < -0.3 is 14.8 Å². The van der Waals surface area contributed by atoms with Crippen LogP contribution in [0.3, 0.4) is 0 Å². The molecule has 1 unspecified atom stereocenters. The molecule has 0 amide bonds. The van der Waals surface area contributed by atoms with E-state index in [1.165, 1.54) is 0 Å². The third kappa shape index (κ3) is 1.79. The van der Waals surface area contributed by atoms with Gasteiger partial charge in [0.2, 0.25) is 0 Å². The van der Waals surface area contributed by atoms with E-state index in [0.29, 0.717) is 11.5 Å². The second-order valence-electron chi connectivity index (χ2n) is 4.24. The molecule has 3 nitrogen and oxygen atoms in total. The second kappa shape index (κ2) is 3.32. The van der Waals surface area contributed by atoms with Crippen molar-refractivity contribution in [1.82, 2.24) is 5.32 Å². The summed E-state index contributed by atoms with van der Waals surface area (Å²) in [6.45, 7) is 6.96. The van der Waals surface area contributed by atoms with Crippen molar-refractivity contribution >= 4 is 0 Å². The third-order valence-corrected chi connectivity index (χ3v) is 2.65. The number of rotatable bonds is 3. The minimum absolute atomic E-state index is 0.391. The number of ether oxygens (including phenoxy) is 2. The van der Waals surface area contributed by atoms with Crippen LogP contribution in [-0.2, 0) is 9.47 Å². The first-order chi connectivity index (χ1) is 5.79. The lowest BCUT2D eigenvalue weighted by atomic mass is 9.88. The van der Waals surface area contributed by atoms with E-state index in [4.69, 9.17) is 9.47 Å². The second-order valence-corrected chi connectivity index (χ2v) is 4.24. The maximum Gasteiger partial charge on any atom is 0.0620 e. The highest BCUT2D eigenvalue weighted by molar-refractivity contribution is 4.85. The fraction of sp³-hybridized carbons (Fsp3) is 1.00. The van der Waals surface area contributed by atoms with Crippen LogP contribution in [0.25, 0.3) is 0 Å². The Morgan fingerprint density at radius 2 is 2.25 bits per heavy atom. The molecule has 3 heteroatoms. The van der Waals surface area contributed by atoms with Gasteiger partial charge in [-0.2, -0.15) is 0 Å². The fourth-order valence-electron chi connectivity index (χ4n) is 1.64. The molecule has 0 aromatic rings. The Bertz CT molecular complexity index is 151. The quantitative estimate of drug-likeness (QED) is 0.667. The first-order valence-corrected chi connectivity index (χ1v) is 4.67. The monoisotopic (exact) mass is 171 g/mol. The lowest BCUT2D eigenvalue weighted by molar-refractivity contribution is -0.1000. The van der Waals surface area contributed by atoms with Crippen LogP contribution >= 0.6 is 0 Å². The highest BCUT2D eigenvalue weighted by Crippen LogP contribution is 2.25. The van der Waals surface area contributed by atoms with Gasteiger partial charge in [0.1, 0.15) is 0 Å². The van der Waals surface area contributed by atoms with Crippen molar-refractivity contribution in [3.63, 3.8) is 0 Å². The molecule has 0 aromatic carbocycles. The molecule has 2 rings (SSSR count). The van der Waals surface area contributed by atoms with Crippen LogP contribution in [0.5, 0.6) is 0 Å². The summed E-state index contributed by atoms with van der Waals surface area (Å²) in [7, 11) is 0. The summed E-state index contributed by atoms with van der Waals surface area (Å²) in [4.78, 5) is 0. The predicted octanol–water partition coefficient (Wildman–Crippen LogP) is 0.401. The molecule has 2 saturated heterocycles. The molecule has 0 bridgehead atoms. The van der Waals surface area contributed by atoms with E-state index in [2.05, 4.69) is 12.2 Å². The van der Waals surface area contributed by atoms with E-state index < -0.39 is 0 Å².